The van der Waals surface area contributed by atoms with E-state index in [1.165, 1.54) is 22.3 Å². The Morgan fingerprint density at radius 3 is 2.08 bits per heavy atom. The number of benzene rings is 3. The fourth-order valence-electron chi connectivity index (χ4n) is 3.63. The quantitative estimate of drug-likeness (QED) is 0.470. The minimum Gasteiger partial charge on any atom is -0.493 e. The number of rotatable bonds is 4. The minimum absolute atomic E-state index is 0.573. The Morgan fingerprint density at radius 1 is 0.769 bits per heavy atom. The lowest BCUT2D eigenvalue weighted by Crippen LogP contribution is -1.96. The maximum absolute atomic E-state index is 6.83. The number of ether oxygens (including phenoxy) is 3. The van der Waals surface area contributed by atoms with Gasteiger partial charge in [0.2, 0.25) is 5.75 Å². The third-order valence-electron chi connectivity index (χ3n) is 4.89. The molecule has 4 rings (SSSR count). The standard InChI is InChI=1S/C22H19ClO3/c1-24-19-11-14(12-20(25-2)22(19)26-3)16-8-9-17-15-7-5-4-6-13(15)10-18(17)21(16)23/h4-9,11-12H,10H2,1-3H3. The highest BCUT2D eigenvalue weighted by Gasteiger charge is 2.23. The van der Waals surface area contributed by atoms with Gasteiger partial charge >= 0.3 is 0 Å². The molecule has 0 heterocycles. The van der Waals surface area contributed by atoms with Gasteiger partial charge in [-0.1, -0.05) is 48.0 Å². The molecule has 3 aromatic rings. The molecule has 0 fully saturated rings. The molecule has 3 aromatic carbocycles. The molecule has 4 heteroatoms. The number of hydrogen-bond acceptors (Lipinski definition) is 3. The van der Waals surface area contributed by atoms with Crippen LogP contribution in [0, 0.1) is 0 Å². The van der Waals surface area contributed by atoms with Crippen molar-refractivity contribution >= 4 is 11.6 Å². The average Bonchev–Trinajstić information content (AvgIpc) is 3.07. The van der Waals surface area contributed by atoms with Crippen molar-refractivity contribution in [1.29, 1.82) is 0 Å². The van der Waals surface area contributed by atoms with Gasteiger partial charge in [-0.05, 0) is 39.9 Å². The number of halogens is 1. The molecule has 132 valence electrons. The third-order valence-corrected chi connectivity index (χ3v) is 5.33. The third kappa shape index (κ3) is 2.51. The molecule has 0 spiro atoms. The van der Waals surface area contributed by atoms with Crippen molar-refractivity contribution < 1.29 is 14.2 Å². The maximum atomic E-state index is 6.83. The summed E-state index contributed by atoms with van der Waals surface area (Å²) in [6, 6.07) is 16.5. The average molecular weight is 367 g/mol. The molecule has 0 N–H and O–H groups in total. The van der Waals surface area contributed by atoms with Crippen molar-refractivity contribution in [2.75, 3.05) is 21.3 Å². The van der Waals surface area contributed by atoms with Crippen LogP contribution in [0.4, 0.5) is 0 Å². The largest absolute Gasteiger partial charge is 0.493 e. The van der Waals surface area contributed by atoms with Crippen molar-refractivity contribution in [3.8, 4) is 39.5 Å². The van der Waals surface area contributed by atoms with Gasteiger partial charge in [0, 0.05) is 12.0 Å². The van der Waals surface area contributed by atoms with Gasteiger partial charge in [-0.2, -0.15) is 0 Å². The lowest BCUT2D eigenvalue weighted by Gasteiger charge is -2.16. The molecule has 0 atom stereocenters. The van der Waals surface area contributed by atoms with Gasteiger partial charge < -0.3 is 14.2 Å². The lowest BCUT2D eigenvalue weighted by atomic mass is 9.98. The van der Waals surface area contributed by atoms with Crippen LogP contribution in [-0.4, -0.2) is 21.3 Å². The van der Waals surface area contributed by atoms with E-state index in [1.807, 2.05) is 12.1 Å². The Labute approximate surface area is 158 Å². The second-order valence-electron chi connectivity index (χ2n) is 6.20. The van der Waals surface area contributed by atoms with Crippen molar-refractivity contribution in [3.63, 3.8) is 0 Å². The first-order valence-corrected chi connectivity index (χ1v) is 8.75. The van der Waals surface area contributed by atoms with Crippen molar-refractivity contribution in [2.24, 2.45) is 0 Å². The van der Waals surface area contributed by atoms with Crippen molar-refractivity contribution in [2.45, 2.75) is 6.42 Å². The summed E-state index contributed by atoms with van der Waals surface area (Å²) >= 11 is 6.83. The zero-order valence-corrected chi connectivity index (χ0v) is 15.7. The van der Waals surface area contributed by atoms with Crippen LogP contribution in [0.5, 0.6) is 17.2 Å². The SMILES string of the molecule is COc1cc(-c2ccc3c(c2Cl)Cc2ccccc2-3)cc(OC)c1OC. The molecule has 0 unspecified atom stereocenters. The van der Waals surface area contributed by atoms with Crippen LogP contribution in [0.2, 0.25) is 5.02 Å². The molecule has 0 aromatic heterocycles. The van der Waals surface area contributed by atoms with Crippen molar-refractivity contribution in [1.82, 2.24) is 0 Å². The predicted molar refractivity (Wildman–Crippen MR) is 105 cm³/mol. The molecular formula is C22H19ClO3. The van der Waals surface area contributed by atoms with Gasteiger partial charge in [0.15, 0.2) is 11.5 Å². The number of fused-ring (bicyclic) bond motifs is 3. The van der Waals surface area contributed by atoms with Crippen LogP contribution in [0.1, 0.15) is 11.1 Å². The summed E-state index contributed by atoms with van der Waals surface area (Å²) in [5.41, 5.74) is 6.84. The summed E-state index contributed by atoms with van der Waals surface area (Å²) in [5, 5.41) is 0.771. The van der Waals surface area contributed by atoms with Gasteiger partial charge in [0.05, 0.1) is 26.4 Å². The van der Waals surface area contributed by atoms with Crippen molar-refractivity contribution in [3.05, 3.63) is 64.7 Å². The molecule has 0 saturated heterocycles. The molecule has 0 radical (unpaired) electrons. The monoisotopic (exact) mass is 366 g/mol. The van der Waals surface area contributed by atoms with E-state index in [1.54, 1.807) is 21.3 Å². The molecule has 0 saturated carbocycles. The summed E-state index contributed by atoms with van der Waals surface area (Å²) in [7, 11) is 4.82. The summed E-state index contributed by atoms with van der Waals surface area (Å²) < 4.78 is 16.4. The van der Waals surface area contributed by atoms with Gasteiger partial charge in [-0.3, -0.25) is 0 Å². The molecule has 1 aliphatic rings. The van der Waals surface area contributed by atoms with E-state index in [0.29, 0.717) is 17.2 Å². The fourth-order valence-corrected chi connectivity index (χ4v) is 3.97. The second-order valence-corrected chi connectivity index (χ2v) is 6.58. The van der Waals surface area contributed by atoms with E-state index >= 15 is 0 Å². The summed E-state index contributed by atoms with van der Waals surface area (Å²) in [6.45, 7) is 0. The molecule has 0 aliphatic heterocycles. The van der Waals surface area contributed by atoms with Crippen LogP contribution in [-0.2, 0) is 6.42 Å². The van der Waals surface area contributed by atoms with Gasteiger partial charge in [0.1, 0.15) is 0 Å². The van der Waals surface area contributed by atoms with E-state index in [4.69, 9.17) is 25.8 Å². The lowest BCUT2D eigenvalue weighted by molar-refractivity contribution is 0.324. The molecular weight excluding hydrogens is 348 g/mol. The Balaban J connectivity index is 1.87. The zero-order valence-electron chi connectivity index (χ0n) is 14.9. The first-order valence-electron chi connectivity index (χ1n) is 8.38. The van der Waals surface area contributed by atoms with Gasteiger partial charge in [-0.25, -0.2) is 0 Å². The highest BCUT2D eigenvalue weighted by molar-refractivity contribution is 6.34. The smallest absolute Gasteiger partial charge is 0.203 e. The normalized spacial score (nSPS) is 11.7. The van der Waals surface area contributed by atoms with Crippen LogP contribution in [0.25, 0.3) is 22.3 Å². The topological polar surface area (TPSA) is 27.7 Å². The Morgan fingerprint density at radius 2 is 1.42 bits per heavy atom. The minimum atomic E-state index is 0.573. The molecule has 0 amide bonds. The Kier molecular flexibility index (Phi) is 4.25. The van der Waals surface area contributed by atoms with Gasteiger partial charge in [-0.15, -0.1) is 0 Å². The highest BCUT2D eigenvalue weighted by Crippen LogP contribution is 2.47. The van der Waals surface area contributed by atoms with Crippen LogP contribution in [0.15, 0.2) is 48.5 Å². The number of methoxy groups -OCH3 is 3. The van der Waals surface area contributed by atoms with Crippen LogP contribution >= 0.6 is 11.6 Å². The van der Waals surface area contributed by atoms with Crippen LogP contribution in [0.3, 0.4) is 0 Å². The van der Waals surface area contributed by atoms with Crippen LogP contribution < -0.4 is 14.2 Å². The fraction of sp³-hybridized carbons (Fsp3) is 0.182. The van der Waals surface area contributed by atoms with Gasteiger partial charge in [0.25, 0.3) is 0 Å². The van der Waals surface area contributed by atoms with E-state index in [-0.39, 0.29) is 0 Å². The zero-order chi connectivity index (χ0) is 18.3. The predicted octanol–water partition coefficient (Wildman–Crippen LogP) is 5.60. The first-order chi connectivity index (χ1) is 12.7. The van der Waals surface area contributed by atoms with E-state index in [2.05, 4.69) is 36.4 Å². The number of hydrogen-bond donors (Lipinski definition) is 0. The van der Waals surface area contributed by atoms with E-state index in [0.717, 1.165) is 22.6 Å². The van der Waals surface area contributed by atoms with E-state index < -0.39 is 0 Å². The summed E-state index contributed by atoms with van der Waals surface area (Å²) in [5.74, 6) is 1.80. The van der Waals surface area contributed by atoms with E-state index in [9.17, 15) is 0 Å². The highest BCUT2D eigenvalue weighted by atomic mass is 35.5. The second kappa shape index (κ2) is 6.58. The molecule has 3 nitrogen and oxygen atoms in total. The maximum Gasteiger partial charge on any atom is 0.203 e. The first kappa shape index (κ1) is 16.8. The molecule has 26 heavy (non-hydrogen) atoms. The molecule has 0 bridgehead atoms. The molecule has 1 aliphatic carbocycles. The Bertz CT molecular complexity index is 970. The summed E-state index contributed by atoms with van der Waals surface area (Å²) in [6.07, 6.45) is 0.850. The Hall–Kier alpha value is -2.65. The summed E-state index contributed by atoms with van der Waals surface area (Å²) in [4.78, 5) is 0.